The molecule has 1 aromatic carbocycles. The fourth-order valence-corrected chi connectivity index (χ4v) is 1.98. The van der Waals surface area contributed by atoms with Crippen LogP contribution in [0.3, 0.4) is 0 Å². The van der Waals surface area contributed by atoms with E-state index in [1.807, 2.05) is 43.3 Å². The molecule has 1 N–H and O–H groups in total. The first-order valence-electron chi connectivity index (χ1n) is 5.11. The van der Waals surface area contributed by atoms with Gasteiger partial charge in [-0.2, -0.15) is 4.37 Å². The van der Waals surface area contributed by atoms with Crippen molar-refractivity contribution in [3.63, 3.8) is 0 Å². The molecule has 0 atom stereocenters. The number of hydrogen-bond donors (Lipinski definition) is 1. The van der Waals surface area contributed by atoms with Crippen LogP contribution in [0.5, 0.6) is 0 Å². The summed E-state index contributed by atoms with van der Waals surface area (Å²) in [6.45, 7) is 1.83. The highest BCUT2D eigenvalue weighted by atomic mass is 32.1. The van der Waals surface area contributed by atoms with E-state index in [0.717, 1.165) is 16.3 Å². The van der Waals surface area contributed by atoms with E-state index in [1.54, 1.807) is 0 Å². The van der Waals surface area contributed by atoms with Crippen molar-refractivity contribution in [2.75, 3.05) is 5.32 Å². The summed E-state index contributed by atoms with van der Waals surface area (Å²) in [5.74, 6) is 0.0169. The minimum atomic E-state index is 0.0169. The van der Waals surface area contributed by atoms with E-state index in [-0.39, 0.29) is 5.91 Å². The summed E-state index contributed by atoms with van der Waals surface area (Å²) in [6.07, 6.45) is 0.485. The molecule has 4 heteroatoms. The molecule has 0 saturated heterocycles. The van der Waals surface area contributed by atoms with Crippen LogP contribution in [0.15, 0.2) is 36.4 Å². The van der Waals surface area contributed by atoms with Crippen LogP contribution in [0.4, 0.5) is 5.00 Å². The van der Waals surface area contributed by atoms with Gasteiger partial charge in [0.15, 0.2) is 0 Å². The number of carbonyl (C=O) groups is 1. The fourth-order valence-electron chi connectivity index (χ4n) is 1.30. The molecule has 2 rings (SSSR count). The van der Waals surface area contributed by atoms with Gasteiger partial charge in [0.25, 0.3) is 0 Å². The predicted octanol–water partition coefficient (Wildman–Crippen LogP) is 3.16. The van der Waals surface area contributed by atoms with E-state index >= 15 is 0 Å². The lowest BCUT2D eigenvalue weighted by molar-refractivity contribution is -0.115. The maximum absolute atomic E-state index is 11.2. The zero-order valence-corrected chi connectivity index (χ0v) is 9.75. The second kappa shape index (κ2) is 4.90. The Kier molecular flexibility index (Phi) is 3.31. The molecule has 0 aliphatic carbocycles. The van der Waals surface area contributed by atoms with Gasteiger partial charge in [0.05, 0.1) is 5.69 Å². The standard InChI is InChI=1S/C12H12N2OS/c1-2-11(15)13-12-8-10(14-16-12)9-6-4-3-5-7-9/h3-8H,2H2,1H3,(H,13,15). The average molecular weight is 232 g/mol. The third-order valence-corrected chi connectivity index (χ3v) is 2.87. The molecule has 1 heterocycles. The van der Waals surface area contributed by atoms with E-state index in [0.29, 0.717) is 6.42 Å². The molecule has 0 unspecified atom stereocenters. The van der Waals surface area contributed by atoms with E-state index in [9.17, 15) is 4.79 Å². The number of rotatable bonds is 3. The van der Waals surface area contributed by atoms with Gasteiger partial charge in [-0.05, 0) is 11.5 Å². The number of amides is 1. The summed E-state index contributed by atoms with van der Waals surface area (Å²) < 4.78 is 4.30. The van der Waals surface area contributed by atoms with Gasteiger partial charge in [-0.25, -0.2) is 0 Å². The minimum Gasteiger partial charge on any atom is -0.316 e. The van der Waals surface area contributed by atoms with Crippen molar-refractivity contribution < 1.29 is 4.79 Å². The molecule has 0 saturated carbocycles. The number of hydrogen-bond acceptors (Lipinski definition) is 3. The van der Waals surface area contributed by atoms with Crippen molar-refractivity contribution in [3.8, 4) is 11.3 Å². The highest BCUT2D eigenvalue weighted by Gasteiger charge is 2.05. The molecule has 1 amide bonds. The van der Waals surface area contributed by atoms with Crippen LogP contribution < -0.4 is 5.32 Å². The summed E-state index contributed by atoms with van der Waals surface area (Å²) in [4.78, 5) is 11.2. The fraction of sp³-hybridized carbons (Fsp3) is 0.167. The van der Waals surface area contributed by atoms with Gasteiger partial charge in [0, 0.05) is 18.1 Å². The normalized spacial score (nSPS) is 10.1. The van der Waals surface area contributed by atoms with Crippen LogP contribution in [-0.4, -0.2) is 10.3 Å². The number of anilines is 1. The zero-order chi connectivity index (χ0) is 11.4. The van der Waals surface area contributed by atoms with Gasteiger partial charge in [-0.3, -0.25) is 4.79 Å². The lowest BCUT2D eigenvalue weighted by atomic mass is 10.2. The highest BCUT2D eigenvalue weighted by Crippen LogP contribution is 2.24. The predicted molar refractivity (Wildman–Crippen MR) is 66.5 cm³/mol. The number of aromatic nitrogens is 1. The maximum Gasteiger partial charge on any atom is 0.224 e. The van der Waals surface area contributed by atoms with E-state index in [1.165, 1.54) is 11.5 Å². The SMILES string of the molecule is CCC(=O)Nc1cc(-c2ccccc2)ns1. The molecule has 82 valence electrons. The van der Waals surface area contributed by atoms with Gasteiger partial charge >= 0.3 is 0 Å². The van der Waals surface area contributed by atoms with E-state index < -0.39 is 0 Å². The van der Waals surface area contributed by atoms with Crippen molar-refractivity contribution in [1.82, 2.24) is 4.37 Å². The first kappa shape index (κ1) is 10.8. The van der Waals surface area contributed by atoms with Crippen molar-refractivity contribution in [1.29, 1.82) is 0 Å². The molecule has 3 nitrogen and oxygen atoms in total. The molecule has 2 aromatic rings. The number of carbonyl (C=O) groups excluding carboxylic acids is 1. The Hall–Kier alpha value is -1.68. The monoisotopic (exact) mass is 232 g/mol. The van der Waals surface area contributed by atoms with Gasteiger partial charge in [-0.1, -0.05) is 37.3 Å². The van der Waals surface area contributed by atoms with Crippen LogP contribution in [0.25, 0.3) is 11.3 Å². The maximum atomic E-state index is 11.2. The lowest BCUT2D eigenvalue weighted by Gasteiger charge is -1.96. The number of nitrogens with one attached hydrogen (secondary N) is 1. The topological polar surface area (TPSA) is 42.0 Å². The van der Waals surface area contributed by atoms with Crippen LogP contribution >= 0.6 is 11.5 Å². The largest absolute Gasteiger partial charge is 0.316 e. The number of benzene rings is 1. The Morgan fingerprint density at radius 2 is 2.12 bits per heavy atom. The van der Waals surface area contributed by atoms with Gasteiger partial charge < -0.3 is 5.32 Å². The Labute approximate surface area is 98.3 Å². The minimum absolute atomic E-state index is 0.0169. The third kappa shape index (κ3) is 2.46. The van der Waals surface area contributed by atoms with E-state index in [2.05, 4.69) is 9.69 Å². The molecule has 0 aliphatic rings. The second-order valence-electron chi connectivity index (χ2n) is 3.34. The molecular weight excluding hydrogens is 220 g/mol. The van der Waals surface area contributed by atoms with Crippen LogP contribution in [0.2, 0.25) is 0 Å². The first-order valence-corrected chi connectivity index (χ1v) is 5.89. The zero-order valence-electron chi connectivity index (χ0n) is 8.93. The summed E-state index contributed by atoms with van der Waals surface area (Å²) in [5, 5.41) is 3.60. The molecule has 0 bridgehead atoms. The summed E-state index contributed by atoms with van der Waals surface area (Å²) in [7, 11) is 0. The van der Waals surface area contributed by atoms with Crippen LogP contribution in [-0.2, 0) is 4.79 Å². The first-order chi connectivity index (χ1) is 7.79. The molecule has 16 heavy (non-hydrogen) atoms. The quantitative estimate of drug-likeness (QED) is 0.883. The van der Waals surface area contributed by atoms with Gasteiger partial charge in [-0.15, -0.1) is 0 Å². The van der Waals surface area contributed by atoms with Crippen molar-refractivity contribution in [2.24, 2.45) is 0 Å². The molecule has 0 spiro atoms. The Morgan fingerprint density at radius 3 is 2.81 bits per heavy atom. The molecule has 0 radical (unpaired) electrons. The van der Waals surface area contributed by atoms with Crippen molar-refractivity contribution in [2.45, 2.75) is 13.3 Å². The highest BCUT2D eigenvalue weighted by molar-refractivity contribution is 7.10. The summed E-state index contributed by atoms with van der Waals surface area (Å²) >= 11 is 1.31. The van der Waals surface area contributed by atoms with Crippen LogP contribution in [0, 0.1) is 0 Å². The molecular formula is C12H12N2OS. The second-order valence-corrected chi connectivity index (χ2v) is 4.15. The summed E-state index contributed by atoms with van der Waals surface area (Å²) in [5.41, 5.74) is 1.97. The van der Waals surface area contributed by atoms with Gasteiger partial charge in [0.1, 0.15) is 5.00 Å². The van der Waals surface area contributed by atoms with E-state index in [4.69, 9.17) is 0 Å². The summed E-state index contributed by atoms with van der Waals surface area (Å²) in [6, 6.07) is 11.8. The molecule has 0 aliphatic heterocycles. The Balaban J connectivity index is 2.17. The number of nitrogens with zero attached hydrogens (tertiary/aromatic N) is 1. The average Bonchev–Trinajstić information content (AvgIpc) is 2.78. The van der Waals surface area contributed by atoms with Crippen molar-refractivity contribution in [3.05, 3.63) is 36.4 Å². The molecule has 0 fully saturated rings. The van der Waals surface area contributed by atoms with Crippen LogP contribution in [0.1, 0.15) is 13.3 Å². The lowest BCUT2D eigenvalue weighted by Crippen LogP contribution is -2.07. The van der Waals surface area contributed by atoms with Crippen molar-refractivity contribution >= 4 is 22.4 Å². The smallest absolute Gasteiger partial charge is 0.224 e. The molecule has 1 aromatic heterocycles. The van der Waals surface area contributed by atoms with Gasteiger partial charge in [0.2, 0.25) is 5.91 Å². The Bertz CT molecular complexity index is 479. The third-order valence-electron chi connectivity index (χ3n) is 2.16. The Morgan fingerprint density at radius 1 is 1.38 bits per heavy atom.